The topological polar surface area (TPSA) is 237 Å². The molecule has 4 unspecified atom stereocenters. The van der Waals surface area contributed by atoms with Crippen LogP contribution in [0.1, 0.15) is 402 Å². The standard InChI is InChI=1S/C79H154O17P2/c1-9-71(7)57-49-41-33-27-20-16-12-14-17-21-28-34-43-51-59-76(81)89-65-74(95-79(84)62-54-46-36-30-24-23-26-32-40-48-56-70(5)6)67-93-97(85,86)91-63-73(80)64-92-98(87,88)94-68-75(66-90-77(82)60-52-44-38-37-42-50-58-72(8)10-2)96-78(83)61-53-45-35-29-22-18-13-11-15-19-25-31-39-47-55-69(3)4/h69-75,80H,9-68H2,1-8H3,(H,85,86)(H,87,88)/t71?,72?,73-,74-,75-/m1/s1. The molecule has 0 aliphatic carbocycles. The van der Waals surface area contributed by atoms with Crippen LogP contribution in [0.25, 0.3) is 0 Å². The lowest BCUT2D eigenvalue weighted by Gasteiger charge is -2.21. The number of hydrogen-bond donors (Lipinski definition) is 3. The highest BCUT2D eigenvalue weighted by atomic mass is 31.2. The summed E-state index contributed by atoms with van der Waals surface area (Å²) >= 11 is 0. The van der Waals surface area contributed by atoms with Crippen molar-refractivity contribution < 1.29 is 80.2 Å². The van der Waals surface area contributed by atoms with Gasteiger partial charge in [0.05, 0.1) is 26.4 Å². The summed E-state index contributed by atoms with van der Waals surface area (Å²) in [4.78, 5) is 72.9. The van der Waals surface area contributed by atoms with Gasteiger partial charge in [0, 0.05) is 25.7 Å². The molecule has 0 aliphatic rings. The van der Waals surface area contributed by atoms with Gasteiger partial charge < -0.3 is 33.8 Å². The Hall–Kier alpha value is -1.94. The van der Waals surface area contributed by atoms with Crippen LogP contribution in [-0.4, -0.2) is 96.7 Å². The van der Waals surface area contributed by atoms with Crippen molar-refractivity contribution in [3.63, 3.8) is 0 Å². The molecule has 0 spiro atoms. The van der Waals surface area contributed by atoms with E-state index in [1.807, 2.05) is 0 Å². The van der Waals surface area contributed by atoms with Gasteiger partial charge in [-0.3, -0.25) is 37.3 Å². The second kappa shape index (κ2) is 68.2. The monoisotopic (exact) mass is 1440 g/mol. The molecule has 0 saturated heterocycles. The van der Waals surface area contributed by atoms with Gasteiger partial charge in [0.2, 0.25) is 0 Å². The Morgan fingerprint density at radius 2 is 0.490 bits per heavy atom. The lowest BCUT2D eigenvalue weighted by molar-refractivity contribution is -0.161. The van der Waals surface area contributed by atoms with Crippen LogP contribution in [0, 0.1) is 23.7 Å². The highest BCUT2D eigenvalue weighted by molar-refractivity contribution is 7.47. The first kappa shape index (κ1) is 96.1. The molecule has 0 radical (unpaired) electrons. The van der Waals surface area contributed by atoms with Crippen molar-refractivity contribution in [1.82, 2.24) is 0 Å². The Balaban J connectivity index is 5.23. The van der Waals surface area contributed by atoms with Crippen molar-refractivity contribution in [1.29, 1.82) is 0 Å². The molecule has 17 nitrogen and oxygen atoms in total. The van der Waals surface area contributed by atoms with Crippen LogP contribution in [0.2, 0.25) is 0 Å². The molecule has 19 heteroatoms. The number of aliphatic hydroxyl groups is 1. The average Bonchev–Trinajstić information content (AvgIpc) is 0.943. The van der Waals surface area contributed by atoms with Crippen molar-refractivity contribution in [3.05, 3.63) is 0 Å². The summed E-state index contributed by atoms with van der Waals surface area (Å²) in [7, 11) is -9.92. The summed E-state index contributed by atoms with van der Waals surface area (Å²) in [6.07, 6.45) is 54.1. The first-order valence-corrected chi connectivity index (χ1v) is 43.8. The fourth-order valence-corrected chi connectivity index (χ4v) is 13.6. The van der Waals surface area contributed by atoms with Gasteiger partial charge in [-0.05, 0) is 49.4 Å². The van der Waals surface area contributed by atoms with E-state index in [2.05, 4.69) is 55.4 Å². The summed E-state index contributed by atoms with van der Waals surface area (Å²) in [6.45, 7) is 14.3. The minimum absolute atomic E-state index is 0.106. The molecular formula is C79H154O17P2. The molecule has 0 saturated carbocycles. The van der Waals surface area contributed by atoms with E-state index >= 15 is 0 Å². The van der Waals surface area contributed by atoms with E-state index in [1.165, 1.54) is 199 Å². The Morgan fingerprint density at radius 3 is 0.724 bits per heavy atom. The zero-order valence-electron chi connectivity index (χ0n) is 64.4. The third kappa shape index (κ3) is 69.8. The number of ether oxygens (including phenoxy) is 4. The molecule has 0 heterocycles. The first-order chi connectivity index (χ1) is 47.2. The third-order valence-electron chi connectivity index (χ3n) is 19.0. The van der Waals surface area contributed by atoms with Crippen LogP contribution in [0.4, 0.5) is 0 Å². The number of esters is 4. The maximum Gasteiger partial charge on any atom is 0.472 e. The summed E-state index contributed by atoms with van der Waals surface area (Å²) in [5, 5.41) is 10.6. The number of phosphoric acid groups is 2. The molecule has 0 bridgehead atoms. The number of carbonyl (C=O) groups excluding carboxylic acids is 4. The summed E-state index contributed by atoms with van der Waals surface area (Å²) in [6, 6.07) is 0. The zero-order valence-corrected chi connectivity index (χ0v) is 66.2. The fourth-order valence-electron chi connectivity index (χ4n) is 12.0. The smallest absolute Gasteiger partial charge is 0.462 e. The number of hydrogen-bond acceptors (Lipinski definition) is 15. The van der Waals surface area contributed by atoms with Gasteiger partial charge in [-0.1, -0.05) is 351 Å². The third-order valence-corrected chi connectivity index (χ3v) is 20.9. The molecule has 0 rings (SSSR count). The van der Waals surface area contributed by atoms with E-state index in [-0.39, 0.29) is 25.7 Å². The number of aliphatic hydroxyl groups excluding tert-OH is 1. The molecule has 0 aromatic carbocycles. The largest absolute Gasteiger partial charge is 0.472 e. The second-order valence-corrected chi connectivity index (χ2v) is 32.8. The Kier molecular flexibility index (Phi) is 66.8. The minimum atomic E-state index is -4.96. The van der Waals surface area contributed by atoms with Gasteiger partial charge in [0.15, 0.2) is 12.2 Å². The van der Waals surface area contributed by atoms with Crippen molar-refractivity contribution in [2.24, 2.45) is 23.7 Å². The van der Waals surface area contributed by atoms with E-state index < -0.39 is 97.5 Å². The van der Waals surface area contributed by atoms with Crippen molar-refractivity contribution >= 4 is 39.5 Å². The Morgan fingerprint density at radius 1 is 0.286 bits per heavy atom. The minimum Gasteiger partial charge on any atom is -0.462 e. The number of phosphoric ester groups is 2. The maximum absolute atomic E-state index is 13.1. The highest BCUT2D eigenvalue weighted by Gasteiger charge is 2.30. The summed E-state index contributed by atoms with van der Waals surface area (Å²) in [5.74, 6) is 1.01. The van der Waals surface area contributed by atoms with Crippen LogP contribution >= 0.6 is 15.6 Å². The van der Waals surface area contributed by atoms with Crippen LogP contribution < -0.4 is 0 Å². The molecule has 98 heavy (non-hydrogen) atoms. The molecule has 0 amide bonds. The quantitative estimate of drug-likeness (QED) is 0.0222. The van der Waals surface area contributed by atoms with Gasteiger partial charge in [0.1, 0.15) is 19.3 Å². The van der Waals surface area contributed by atoms with E-state index in [0.717, 1.165) is 120 Å². The van der Waals surface area contributed by atoms with Crippen molar-refractivity contribution in [3.8, 4) is 0 Å². The second-order valence-electron chi connectivity index (χ2n) is 29.9. The number of unbranched alkanes of at least 4 members (excludes halogenated alkanes) is 40. The van der Waals surface area contributed by atoms with E-state index in [4.69, 9.17) is 37.0 Å². The lowest BCUT2D eigenvalue weighted by Crippen LogP contribution is -2.30. The maximum atomic E-state index is 13.1. The summed E-state index contributed by atoms with van der Waals surface area (Å²) in [5.41, 5.74) is 0. The van der Waals surface area contributed by atoms with Gasteiger partial charge in [-0.15, -0.1) is 0 Å². The SMILES string of the molecule is CCC(C)CCCCCCCCCCCCCCCCC(=O)OC[C@H](COP(=O)(O)OC[C@@H](O)COP(=O)(O)OC[C@@H](COC(=O)CCCCCCCCC(C)CC)OC(=O)CCCCCCCCCCCCCCCCC(C)C)OC(=O)CCCCCCCCCCCCC(C)C. The van der Waals surface area contributed by atoms with E-state index in [9.17, 15) is 43.2 Å². The Bertz CT molecular complexity index is 1920. The summed E-state index contributed by atoms with van der Waals surface area (Å²) < 4.78 is 68.6. The predicted octanol–water partition coefficient (Wildman–Crippen LogP) is 23.2. The van der Waals surface area contributed by atoms with Gasteiger partial charge in [-0.2, -0.15) is 0 Å². The molecular weight excluding hydrogens is 1280 g/mol. The van der Waals surface area contributed by atoms with E-state index in [0.29, 0.717) is 25.7 Å². The van der Waals surface area contributed by atoms with Crippen molar-refractivity contribution in [2.75, 3.05) is 39.6 Å². The average molecular weight is 1440 g/mol. The molecule has 0 aliphatic heterocycles. The van der Waals surface area contributed by atoms with Crippen LogP contribution in [0.5, 0.6) is 0 Å². The molecule has 3 N–H and O–H groups in total. The molecule has 582 valence electrons. The number of carbonyl (C=O) groups is 4. The highest BCUT2D eigenvalue weighted by Crippen LogP contribution is 2.45. The molecule has 7 atom stereocenters. The fraction of sp³-hybridized carbons (Fsp3) is 0.949. The molecule has 0 aromatic rings. The van der Waals surface area contributed by atoms with E-state index in [1.54, 1.807) is 0 Å². The zero-order chi connectivity index (χ0) is 72.4. The normalized spacial score (nSPS) is 14.6. The van der Waals surface area contributed by atoms with Gasteiger partial charge >= 0.3 is 39.5 Å². The van der Waals surface area contributed by atoms with Crippen LogP contribution in [0.15, 0.2) is 0 Å². The van der Waals surface area contributed by atoms with Gasteiger partial charge in [-0.25, -0.2) is 9.13 Å². The van der Waals surface area contributed by atoms with Crippen LogP contribution in [-0.2, 0) is 65.4 Å². The Labute approximate surface area is 600 Å². The van der Waals surface area contributed by atoms with Crippen LogP contribution in [0.3, 0.4) is 0 Å². The molecule has 0 aromatic heterocycles. The number of rotatable bonds is 76. The predicted molar refractivity (Wildman–Crippen MR) is 400 cm³/mol. The first-order valence-electron chi connectivity index (χ1n) is 40.8. The van der Waals surface area contributed by atoms with Crippen molar-refractivity contribution in [2.45, 2.75) is 420 Å². The molecule has 0 fully saturated rings. The lowest BCUT2D eigenvalue weighted by atomic mass is 9.99. The van der Waals surface area contributed by atoms with Gasteiger partial charge in [0.25, 0.3) is 0 Å².